The number of amides is 2. The average Bonchev–Trinajstić information content (AvgIpc) is 3.55. The Bertz CT molecular complexity index is 1540. The van der Waals surface area contributed by atoms with Gasteiger partial charge in [-0.2, -0.15) is 5.10 Å². The molecule has 0 saturated carbocycles. The van der Waals surface area contributed by atoms with E-state index in [2.05, 4.69) is 39.6 Å². The van der Waals surface area contributed by atoms with Crippen LogP contribution in [-0.2, 0) is 16.8 Å². The highest BCUT2D eigenvalue weighted by Crippen LogP contribution is 2.36. The number of benzene rings is 3. The van der Waals surface area contributed by atoms with Crippen molar-refractivity contribution in [1.29, 1.82) is 0 Å². The molecule has 2 aliphatic rings. The molecular weight excluding hydrogens is 529 g/mol. The molecule has 0 aliphatic carbocycles. The number of carbonyl (C=O) groups is 2. The molecule has 4 aromatic rings. The highest BCUT2D eigenvalue weighted by atomic mass is 19.1. The maximum absolute atomic E-state index is 14.1. The molecule has 7 nitrogen and oxygen atoms in total. The Kier molecular flexibility index (Phi) is 7.89. The maximum atomic E-state index is 14.1. The predicted molar refractivity (Wildman–Crippen MR) is 160 cm³/mol. The molecule has 0 radical (unpaired) electrons. The van der Waals surface area contributed by atoms with Crippen LogP contribution < -0.4 is 5.32 Å². The molecule has 216 valence electrons. The maximum Gasteiger partial charge on any atom is 0.254 e. The van der Waals surface area contributed by atoms with Gasteiger partial charge in [0.2, 0.25) is 5.91 Å². The molecule has 0 spiro atoms. The van der Waals surface area contributed by atoms with Gasteiger partial charge < -0.3 is 15.1 Å². The predicted octanol–water partition coefficient (Wildman–Crippen LogP) is 5.27. The van der Waals surface area contributed by atoms with E-state index in [1.807, 2.05) is 47.5 Å². The highest BCUT2D eigenvalue weighted by Gasteiger charge is 2.38. The van der Waals surface area contributed by atoms with Crippen LogP contribution in [0.1, 0.15) is 59.3 Å². The Morgan fingerprint density at radius 1 is 0.976 bits per heavy atom. The largest absolute Gasteiger partial charge is 0.347 e. The van der Waals surface area contributed by atoms with E-state index in [1.165, 1.54) is 30.2 Å². The van der Waals surface area contributed by atoms with Crippen LogP contribution in [0.15, 0.2) is 91.3 Å². The van der Waals surface area contributed by atoms with Crippen LogP contribution in [0.25, 0.3) is 5.69 Å². The van der Waals surface area contributed by atoms with Gasteiger partial charge in [0.05, 0.1) is 17.3 Å². The van der Waals surface area contributed by atoms with E-state index in [1.54, 1.807) is 16.9 Å². The minimum absolute atomic E-state index is 0.0292. The average molecular weight is 566 g/mol. The van der Waals surface area contributed by atoms with Gasteiger partial charge in [-0.3, -0.25) is 9.59 Å². The molecule has 42 heavy (non-hydrogen) atoms. The lowest BCUT2D eigenvalue weighted by atomic mass is 9.80. The van der Waals surface area contributed by atoms with Crippen molar-refractivity contribution in [2.24, 2.45) is 0 Å². The lowest BCUT2D eigenvalue weighted by Crippen LogP contribution is -2.53. The number of hydrogen-bond donors (Lipinski definition) is 1. The van der Waals surface area contributed by atoms with E-state index in [-0.39, 0.29) is 23.7 Å². The summed E-state index contributed by atoms with van der Waals surface area (Å²) in [6.45, 7) is 4.55. The quantitative estimate of drug-likeness (QED) is 0.332. The number of nitrogens with one attached hydrogen (secondary N) is 1. The fourth-order valence-corrected chi connectivity index (χ4v) is 6.62. The normalized spacial score (nSPS) is 18.3. The summed E-state index contributed by atoms with van der Waals surface area (Å²) in [6.07, 6.45) is 6.65. The number of carbonyl (C=O) groups excluding carboxylic acids is 2. The van der Waals surface area contributed by atoms with Gasteiger partial charge in [-0.05, 0) is 84.8 Å². The molecule has 2 aliphatic heterocycles. The third-order valence-electron chi connectivity index (χ3n) is 8.78. The second-order valence-corrected chi connectivity index (χ2v) is 11.4. The summed E-state index contributed by atoms with van der Waals surface area (Å²) < 4.78 is 15.9. The zero-order valence-electron chi connectivity index (χ0n) is 23.9. The number of aromatic nitrogens is 2. The Morgan fingerprint density at radius 2 is 1.76 bits per heavy atom. The molecule has 1 atom stereocenters. The highest BCUT2D eigenvalue weighted by molar-refractivity contribution is 5.95. The first kappa shape index (κ1) is 27.8. The molecule has 1 aromatic heterocycles. The van der Waals surface area contributed by atoms with Crippen LogP contribution >= 0.6 is 0 Å². The molecule has 1 N–H and O–H groups in total. The van der Waals surface area contributed by atoms with Crippen molar-refractivity contribution in [2.45, 2.75) is 44.2 Å². The lowest BCUT2D eigenvalue weighted by molar-refractivity contribution is -0.121. The zero-order valence-corrected chi connectivity index (χ0v) is 23.9. The third-order valence-corrected chi connectivity index (χ3v) is 8.78. The van der Waals surface area contributed by atoms with Crippen molar-refractivity contribution in [2.75, 3.05) is 26.2 Å². The second kappa shape index (κ2) is 11.9. The summed E-state index contributed by atoms with van der Waals surface area (Å²) in [5.74, 6) is -0.370. The van der Waals surface area contributed by atoms with Crippen molar-refractivity contribution >= 4 is 11.8 Å². The van der Waals surface area contributed by atoms with Crippen molar-refractivity contribution < 1.29 is 14.0 Å². The Hall–Kier alpha value is -4.30. The van der Waals surface area contributed by atoms with Gasteiger partial charge in [-0.15, -0.1) is 0 Å². The minimum Gasteiger partial charge on any atom is -0.347 e. The summed E-state index contributed by atoms with van der Waals surface area (Å²) in [6, 6.07) is 24.5. The Balaban J connectivity index is 1.17. The number of fused-ring (bicyclic) bond motifs is 1. The topological polar surface area (TPSA) is 70.5 Å². The molecule has 3 aromatic carbocycles. The summed E-state index contributed by atoms with van der Waals surface area (Å²) in [5.41, 5.74) is 4.34. The van der Waals surface area contributed by atoms with Crippen LogP contribution in [0, 0.1) is 5.82 Å². The van der Waals surface area contributed by atoms with Gasteiger partial charge >= 0.3 is 0 Å². The monoisotopic (exact) mass is 565 g/mol. The molecular formula is C34H36FN5O2. The van der Waals surface area contributed by atoms with E-state index in [0.717, 1.165) is 43.7 Å². The first-order chi connectivity index (χ1) is 20.4. The van der Waals surface area contributed by atoms with Gasteiger partial charge in [-0.25, -0.2) is 9.07 Å². The summed E-state index contributed by atoms with van der Waals surface area (Å²) in [4.78, 5) is 30.4. The van der Waals surface area contributed by atoms with Crippen molar-refractivity contribution in [3.8, 4) is 5.69 Å². The van der Waals surface area contributed by atoms with Crippen molar-refractivity contribution in [1.82, 2.24) is 24.9 Å². The molecule has 1 fully saturated rings. The van der Waals surface area contributed by atoms with Crippen LogP contribution in [0.4, 0.5) is 4.39 Å². The standard InChI is InChI=1S/C34H36FN5O2/c1-25(41)37-34(28-7-4-8-29(35)24-28)16-22-38(23-17-34)20-15-32-31-9-3-2-6-26(31)14-21-39(32)33(42)27-10-12-30(13-11-27)40-19-5-18-36-40/h2-13,18-19,24,32H,14-17,20-23H2,1H3,(H,37,41). The molecule has 1 saturated heterocycles. The van der Waals surface area contributed by atoms with Crippen molar-refractivity contribution in [3.63, 3.8) is 0 Å². The lowest BCUT2D eigenvalue weighted by Gasteiger charge is -2.44. The number of nitrogens with zero attached hydrogens (tertiary/aromatic N) is 4. The van der Waals surface area contributed by atoms with Crippen LogP contribution in [0.5, 0.6) is 0 Å². The minimum atomic E-state index is -0.577. The zero-order chi connectivity index (χ0) is 29.1. The van der Waals surface area contributed by atoms with E-state index < -0.39 is 5.54 Å². The van der Waals surface area contributed by atoms with Gasteiger partial charge in [0.15, 0.2) is 0 Å². The number of halogens is 1. The SMILES string of the molecule is CC(=O)NC1(c2cccc(F)c2)CCN(CCC2c3ccccc3CCN2C(=O)c2ccc(-n3cccn3)cc2)CC1. The van der Waals surface area contributed by atoms with Crippen LogP contribution in [-0.4, -0.2) is 57.6 Å². The fraction of sp³-hybridized carbons (Fsp3) is 0.324. The molecule has 2 amide bonds. The Morgan fingerprint density at radius 3 is 2.48 bits per heavy atom. The van der Waals surface area contributed by atoms with E-state index in [9.17, 15) is 14.0 Å². The third kappa shape index (κ3) is 5.72. The summed E-state index contributed by atoms with van der Waals surface area (Å²) in [7, 11) is 0. The molecule has 3 heterocycles. The van der Waals surface area contributed by atoms with E-state index >= 15 is 0 Å². The first-order valence-electron chi connectivity index (χ1n) is 14.7. The number of likely N-dealkylation sites (tertiary alicyclic amines) is 1. The van der Waals surface area contributed by atoms with Gasteiger partial charge in [0.1, 0.15) is 5.82 Å². The van der Waals surface area contributed by atoms with E-state index in [0.29, 0.717) is 24.9 Å². The smallest absolute Gasteiger partial charge is 0.254 e. The van der Waals surface area contributed by atoms with Crippen LogP contribution in [0.2, 0.25) is 0 Å². The molecule has 8 heteroatoms. The van der Waals surface area contributed by atoms with Gasteiger partial charge in [0, 0.05) is 51.1 Å². The summed E-state index contributed by atoms with van der Waals surface area (Å²) in [5, 5.41) is 7.42. The van der Waals surface area contributed by atoms with Gasteiger partial charge in [0.25, 0.3) is 5.91 Å². The number of rotatable bonds is 7. The van der Waals surface area contributed by atoms with Crippen LogP contribution in [0.3, 0.4) is 0 Å². The number of piperidine rings is 1. The molecule has 6 rings (SSSR count). The number of hydrogen-bond acceptors (Lipinski definition) is 4. The Labute approximate surface area is 246 Å². The van der Waals surface area contributed by atoms with Gasteiger partial charge in [-0.1, -0.05) is 36.4 Å². The first-order valence-corrected chi connectivity index (χ1v) is 14.7. The molecule has 0 bridgehead atoms. The van der Waals surface area contributed by atoms with Crippen molar-refractivity contribution in [3.05, 3.63) is 119 Å². The summed E-state index contributed by atoms with van der Waals surface area (Å²) >= 11 is 0. The molecule has 1 unspecified atom stereocenters. The van der Waals surface area contributed by atoms with E-state index in [4.69, 9.17) is 0 Å². The second-order valence-electron chi connectivity index (χ2n) is 11.4. The fourth-order valence-electron chi connectivity index (χ4n) is 6.62.